The highest BCUT2D eigenvalue weighted by atomic mass is 35.5. The first kappa shape index (κ1) is 28.7. The highest BCUT2D eigenvalue weighted by Gasteiger charge is 2.66. The number of fused-ring (bicyclic) bond motifs is 5. The Hall–Kier alpha value is -4.77. The summed E-state index contributed by atoms with van der Waals surface area (Å²) in [5.41, 5.74) is 1.96. The van der Waals surface area contributed by atoms with Crippen molar-refractivity contribution in [2.75, 3.05) is 9.80 Å². The van der Waals surface area contributed by atoms with E-state index in [2.05, 4.69) is 10.2 Å². The molecule has 0 aliphatic carbocycles. The third kappa shape index (κ3) is 4.17. The molecule has 11 heteroatoms. The summed E-state index contributed by atoms with van der Waals surface area (Å²) in [6.45, 7) is 2.23. The van der Waals surface area contributed by atoms with Gasteiger partial charge in [-0.2, -0.15) is 0 Å². The summed E-state index contributed by atoms with van der Waals surface area (Å²) in [5, 5.41) is 9.90. The van der Waals surface area contributed by atoms with Gasteiger partial charge in [-0.15, -0.1) is 10.2 Å². The molecule has 0 saturated carbocycles. The van der Waals surface area contributed by atoms with Gasteiger partial charge in [-0.3, -0.25) is 19.3 Å². The number of thioether (sulfide) groups is 1. The van der Waals surface area contributed by atoms with Gasteiger partial charge in [-0.05, 0) is 47.9 Å². The summed E-state index contributed by atoms with van der Waals surface area (Å²) in [4.78, 5) is 47.0. The van der Waals surface area contributed by atoms with Gasteiger partial charge in [0.25, 0.3) is 11.8 Å². The Morgan fingerprint density at radius 1 is 0.870 bits per heavy atom. The summed E-state index contributed by atoms with van der Waals surface area (Å²) >= 11 is 8.97. The number of aromatic nitrogens is 2. The number of carbonyl (C=O) groups excluding carboxylic acids is 2. The van der Waals surface area contributed by atoms with Crippen molar-refractivity contribution in [1.29, 1.82) is 0 Å². The molecule has 2 amide bonds. The molecule has 46 heavy (non-hydrogen) atoms. The third-order valence-corrected chi connectivity index (χ3v) is 11.0. The molecule has 0 bridgehead atoms. The Morgan fingerprint density at radius 3 is 2.41 bits per heavy atom. The van der Waals surface area contributed by atoms with Gasteiger partial charge in [-0.1, -0.05) is 107 Å². The topological polar surface area (TPSA) is 96.6 Å². The zero-order chi connectivity index (χ0) is 31.6. The number of nitrogens with zero attached hydrogens (tertiary/aromatic N) is 4. The van der Waals surface area contributed by atoms with Crippen LogP contribution in [0.5, 0.6) is 0 Å². The zero-order valence-corrected chi connectivity index (χ0v) is 26.7. The highest BCUT2D eigenvalue weighted by Crippen LogP contribution is 2.55. The maximum atomic E-state index is 15.1. The Morgan fingerprint density at radius 2 is 1.59 bits per heavy atom. The minimum absolute atomic E-state index is 0.0126. The number of benzene rings is 4. The maximum absolute atomic E-state index is 15.1. The molecule has 8 rings (SSSR count). The summed E-state index contributed by atoms with van der Waals surface area (Å²) < 4.78 is 6.75. The van der Waals surface area contributed by atoms with E-state index in [1.807, 2.05) is 67.6 Å². The quantitative estimate of drug-likeness (QED) is 0.136. The van der Waals surface area contributed by atoms with E-state index in [0.717, 1.165) is 16.7 Å². The molecule has 4 aromatic carbocycles. The predicted octanol–water partition coefficient (Wildman–Crippen LogP) is 7.35. The van der Waals surface area contributed by atoms with Crippen LogP contribution in [-0.4, -0.2) is 22.0 Å². The van der Waals surface area contributed by atoms with E-state index in [1.54, 1.807) is 41.3 Å². The van der Waals surface area contributed by atoms with E-state index in [-0.39, 0.29) is 34.0 Å². The van der Waals surface area contributed by atoms with Crippen LogP contribution >= 0.6 is 34.7 Å². The minimum Gasteiger partial charge on any atom is -0.450 e. The molecule has 4 heterocycles. The first-order valence-corrected chi connectivity index (χ1v) is 16.6. The van der Waals surface area contributed by atoms with Gasteiger partial charge < -0.3 is 9.32 Å². The maximum Gasteiger partial charge on any atom is 0.297 e. The predicted molar refractivity (Wildman–Crippen MR) is 180 cm³/mol. The fourth-order valence-electron chi connectivity index (χ4n) is 6.33. The standard InChI is InChI=1S/C35H23ClN4O4S2/c1-20-10-2-3-11-21(20)18-39-26-16-8-6-14-24(26)35(32(39)43)28-29(41)23-13-5-9-17-27(23)44-30(28)31(42)40(35)33-37-38-34(46-33)45-19-22-12-4-7-15-25(22)36/h2-17H,18-19H2,1H3. The fraction of sp³-hybridized carbons (Fsp3) is 0.114. The Kier molecular flexibility index (Phi) is 6.82. The van der Waals surface area contributed by atoms with E-state index < -0.39 is 22.8 Å². The van der Waals surface area contributed by atoms with Crippen molar-refractivity contribution in [3.8, 4) is 0 Å². The van der Waals surface area contributed by atoms with E-state index in [0.29, 0.717) is 26.4 Å². The molecule has 226 valence electrons. The van der Waals surface area contributed by atoms with Crippen molar-refractivity contribution in [2.45, 2.75) is 29.1 Å². The second-order valence-electron chi connectivity index (χ2n) is 11.0. The lowest BCUT2D eigenvalue weighted by Gasteiger charge is -2.32. The lowest BCUT2D eigenvalue weighted by Crippen LogP contribution is -2.53. The van der Waals surface area contributed by atoms with Crippen LogP contribution in [0.4, 0.5) is 10.8 Å². The molecule has 6 aromatic rings. The van der Waals surface area contributed by atoms with Gasteiger partial charge in [0, 0.05) is 16.3 Å². The number of hydrogen-bond donors (Lipinski definition) is 0. The molecular formula is C35H23ClN4O4S2. The molecule has 1 spiro atoms. The van der Waals surface area contributed by atoms with Crippen molar-refractivity contribution in [3.63, 3.8) is 0 Å². The van der Waals surface area contributed by atoms with Gasteiger partial charge in [0.1, 0.15) is 5.58 Å². The minimum atomic E-state index is -1.85. The molecule has 1 unspecified atom stereocenters. The molecule has 0 saturated heterocycles. The third-order valence-electron chi connectivity index (χ3n) is 8.52. The number of aryl methyl sites for hydroxylation is 1. The number of para-hydroxylation sites is 2. The molecular weight excluding hydrogens is 640 g/mol. The number of rotatable bonds is 6. The number of amides is 2. The van der Waals surface area contributed by atoms with Crippen LogP contribution in [0.25, 0.3) is 11.0 Å². The first-order chi connectivity index (χ1) is 22.4. The van der Waals surface area contributed by atoms with E-state index >= 15 is 4.79 Å². The number of carbonyl (C=O) groups is 2. The largest absolute Gasteiger partial charge is 0.450 e. The summed E-state index contributed by atoms with van der Waals surface area (Å²) in [6, 6.07) is 29.4. The van der Waals surface area contributed by atoms with Crippen LogP contribution < -0.4 is 15.2 Å². The normalized spacial score (nSPS) is 16.9. The fourth-order valence-corrected chi connectivity index (χ4v) is 8.51. The lowest BCUT2D eigenvalue weighted by atomic mass is 9.84. The highest BCUT2D eigenvalue weighted by molar-refractivity contribution is 8.00. The summed E-state index contributed by atoms with van der Waals surface area (Å²) in [7, 11) is 0. The molecule has 1 atom stereocenters. The van der Waals surface area contributed by atoms with Crippen LogP contribution in [0.2, 0.25) is 5.02 Å². The van der Waals surface area contributed by atoms with E-state index in [4.69, 9.17) is 16.0 Å². The average molecular weight is 663 g/mol. The van der Waals surface area contributed by atoms with Gasteiger partial charge in [0.2, 0.25) is 10.9 Å². The smallest absolute Gasteiger partial charge is 0.297 e. The molecule has 2 aliphatic rings. The molecule has 0 radical (unpaired) electrons. The average Bonchev–Trinajstić information content (AvgIpc) is 3.71. The van der Waals surface area contributed by atoms with Gasteiger partial charge >= 0.3 is 0 Å². The number of halogens is 1. The van der Waals surface area contributed by atoms with Gasteiger partial charge in [0.05, 0.1) is 23.2 Å². The summed E-state index contributed by atoms with van der Waals surface area (Å²) in [5.74, 6) is -0.708. The number of hydrogen-bond acceptors (Lipinski definition) is 8. The second-order valence-corrected chi connectivity index (χ2v) is 13.6. The van der Waals surface area contributed by atoms with Crippen LogP contribution in [0.3, 0.4) is 0 Å². The summed E-state index contributed by atoms with van der Waals surface area (Å²) in [6.07, 6.45) is 0. The number of anilines is 2. The van der Waals surface area contributed by atoms with Crippen molar-refractivity contribution in [1.82, 2.24) is 10.2 Å². The van der Waals surface area contributed by atoms with Crippen molar-refractivity contribution < 1.29 is 14.0 Å². The molecule has 2 aromatic heterocycles. The van der Waals surface area contributed by atoms with Crippen LogP contribution in [0.1, 0.15) is 38.4 Å². The zero-order valence-electron chi connectivity index (χ0n) is 24.3. The monoisotopic (exact) mass is 662 g/mol. The van der Waals surface area contributed by atoms with Crippen LogP contribution in [0, 0.1) is 6.92 Å². The Balaban J connectivity index is 1.32. The first-order valence-electron chi connectivity index (χ1n) is 14.5. The molecule has 8 nitrogen and oxygen atoms in total. The molecule has 0 N–H and O–H groups in total. The van der Waals surface area contributed by atoms with E-state index in [9.17, 15) is 9.59 Å². The Labute approximate surface area is 276 Å². The Bertz CT molecular complexity index is 2290. The lowest BCUT2D eigenvalue weighted by molar-refractivity contribution is -0.121. The van der Waals surface area contributed by atoms with Crippen molar-refractivity contribution in [2.24, 2.45) is 0 Å². The molecule has 2 aliphatic heterocycles. The van der Waals surface area contributed by atoms with Crippen molar-refractivity contribution >= 4 is 68.3 Å². The van der Waals surface area contributed by atoms with Crippen LogP contribution in [0.15, 0.2) is 111 Å². The van der Waals surface area contributed by atoms with Crippen molar-refractivity contribution in [3.05, 3.63) is 146 Å². The SMILES string of the molecule is Cc1ccccc1CN1C(=O)C2(c3ccccc31)c1c(oc3ccccc3c1=O)C(=O)N2c1nnc(SCc2ccccc2Cl)s1. The molecule has 0 fully saturated rings. The van der Waals surface area contributed by atoms with E-state index in [1.165, 1.54) is 28.0 Å². The van der Waals surface area contributed by atoms with Gasteiger partial charge in [0.15, 0.2) is 15.3 Å². The van der Waals surface area contributed by atoms with Gasteiger partial charge in [-0.25, -0.2) is 0 Å². The van der Waals surface area contributed by atoms with Crippen LogP contribution in [-0.2, 0) is 22.6 Å². The second kappa shape index (κ2) is 10.9.